The van der Waals surface area contributed by atoms with Crippen LogP contribution < -0.4 is 10.2 Å². The summed E-state index contributed by atoms with van der Waals surface area (Å²) < 4.78 is 40.8. The highest BCUT2D eigenvalue weighted by Gasteiger charge is 2.44. The Balaban J connectivity index is 1.85. The number of sulfonamides is 1. The van der Waals surface area contributed by atoms with Crippen LogP contribution in [0.3, 0.4) is 0 Å². The van der Waals surface area contributed by atoms with Crippen molar-refractivity contribution in [3.05, 3.63) is 54.3 Å². The third kappa shape index (κ3) is 3.62. The molecule has 0 radical (unpaired) electrons. The monoisotopic (exact) mass is 378 g/mol. The van der Waals surface area contributed by atoms with Gasteiger partial charge in [-0.15, -0.1) is 0 Å². The molecule has 3 N–H and O–H groups in total. The van der Waals surface area contributed by atoms with Gasteiger partial charge in [0.1, 0.15) is 11.4 Å². The number of benzene rings is 2. The number of carbonyl (C=O) groups excluding carboxylic acids is 1. The van der Waals surface area contributed by atoms with Gasteiger partial charge in [0.25, 0.3) is 5.91 Å². The minimum absolute atomic E-state index is 0.0142. The molecule has 6 nitrogen and oxygen atoms in total. The van der Waals surface area contributed by atoms with Gasteiger partial charge in [-0.25, -0.2) is 18.3 Å². The molecule has 0 heterocycles. The molecule has 0 spiro atoms. The lowest BCUT2D eigenvalue weighted by Crippen LogP contribution is -2.56. The maximum absolute atomic E-state index is 13.0. The predicted octanol–water partition coefficient (Wildman–Crippen LogP) is 2.59. The molecule has 0 unspecified atom stereocenters. The first kappa shape index (κ1) is 18.5. The Labute approximate surface area is 151 Å². The molecule has 1 fully saturated rings. The van der Waals surface area contributed by atoms with Gasteiger partial charge in [0.05, 0.1) is 4.90 Å². The number of nitrogens with one attached hydrogen (secondary N) is 2. The number of halogens is 1. The highest BCUT2D eigenvalue weighted by Crippen LogP contribution is 2.32. The molecule has 0 aliphatic heterocycles. The van der Waals surface area contributed by atoms with Crippen LogP contribution in [0.25, 0.3) is 11.1 Å². The summed E-state index contributed by atoms with van der Waals surface area (Å²) >= 11 is 0. The van der Waals surface area contributed by atoms with Gasteiger partial charge < -0.3 is 0 Å². The first-order chi connectivity index (χ1) is 12.4. The molecule has 8 heteroatoms. The van der Waals surface area contributed by atoms with Gasteiger partial charge in [-0.05, 0) is 48.2 Å². The van der Waals surface area contributed by atoms with Crippen molar-refractivity contribution in [3.8, 4) is 11.1 Å². The predicted molar refractivity (Wildman–Crippen MR) is 93.3 cm³/mol. The molecule has 2 aromatic rings. The van der Waals surface area contributed by atoms with Crippen molar-refractivity contribution in [2.45, 2.75) is 36.1 Å². The Morgan fingerprint density at radius 2 is 1.46 bits per heavy atom. The molecule has 26 heavy (non-hydrogen) atoms. The van der Waals surface area contributed by atoms with E-state index in [4.69, 9.17) is 5.21 Å². The van der Waals surface area contributed by atoms with E-state index in [9.17, 15) is 17.6 Å². The molecular weight excluding hydrogens is 359 g/mol. The Morgan fingerprint density at radius 3 is 1.96 bits per heavy atom. The van der Waals surface area contributed by atoms with Crippen LogP contribution in [0.2, 0.25) is 0 Å². The van der Waals surface area contributed by atoms with Gasteiger partial charge in [0, 0.05) is 0 Å². The summed E-state index contributed by atoms with van der Waals surface area (Å²) in [4.78, 5) is 12.0. The zero-order valence-corrected chi connectivity index (χ0v) is 14.7. The third-order valence-corrected chi connectivity index (χ3v) is 6.22. The highest BCUT2D eigenvalue weighted by molar-refractivity contribution is 7.89. The van der Waals surface area contributed by atoms with E-state index in [2.05, 4.69) is 4.72 Å². The molecule has 3 rings (SSSR count). The molecule has 0 aromatic heterocycles. The van der Waals surface area contributed by atoms with Crippen LogP contribution in [0.4, 0.5) is 4.39 Å². The van der Waals surface area contributed by atoms with Crippen molar-refractivity contribution in [1.29, 1.82) is 0 Å². The van der Waals surface area contributed by atoms with Crippen molar-refractivity contribution in [2.24, 2.45) is 0 Å². The average Bonchev–Trinajstić information content (AvgIpc) is 3.11. The molecule has 1 amide bonds. The van der Waals surface area contributed by atoms with Crippen LogP contribution in [0.15, 0.2) is 53.4 Å². The Hall–Kier alpha value is -2.29. The number of rotatable bonds is 5. The van der Waals surface area contributed by atoms with Crippen molar-refractivity contribution < 1.29 is 22.8 Å². The first-order valence-electron chi connectivity index (χ1n) is 8.21. The second-order valence-corrected chi connectivity index (χ2v) is 8.05. The fourth-order valence-corrected chi connectivity index (χ4v) is 4.67. The maximum Gasteiger partial charge on any atom is 0.264 e. The molecule has 0 bridgehead atoms. The number of amides is 1. The number of hydrogen-bond acceptors (Lipinski definition) is 4. The van der Waals surface area contributed by atoms with Gasteiger partial charge in [0.15, 0.2) is 0 Å². The Morgan fingerprint density at radius 1 is 0.962 bits per heavy atom. The summed E-state index contributed by atoms with van der Waals surface area (Å²) in [5.74, 6) is -1.09. The Bertz CT molecular complexity index is 890. The van der Waals surface area contributed by atoms with E-state index in [0.717, 1.165) is 11.1 Å². The van der Waals surface area contributed by atoms with Crippen molar-refractivity contribution in [3.63, 3.8) is 0 Å². The van der Waals surface area contributed by atoms with Gasteiger partial charge in [0.2, 0.25) is 10.0 Å². The lowest BCUT2D eigenvalue weighted by atomic mass is 9.99. The summed E-state index contributed by atoms with van der Waals surface area (Å²) in [6.07, 6.45) is 2.04. The highest BCUT2D eigenvalue weighted by atomic mass is 32.2. The standard InChI is InChI=1S/C18H19FN2O4S/c19-15-7-3-13(4-8-15)14-5-9-16(10-6-14)26(24,25)21-18(17(22)20-23)11-1-2-12-18/h3-10,21,23H,1-2,11-12H2,(H,20,22). The zero-order chi connectivity index (χ0) is 18.8. The van der Waals surface area contributed by atoms with E-state index in [0.29, 0.717) is 25.7 Å². The molecule has 138 valence electrons. The van der Waals surface area contributed by atoms with Crippen LogP contribution in [0.5, 0.6) is 0 Å². The van der Waals surface area contributed by atoms with Crippen LogP contribution in [0, 0.1) is 5.82 Å². The minimum atomic E-state index is -3.94. The first-order valence-corrected chi connectivity index (χ1v) is 9.69. The Kier molecular flexibility index (Phi) is 5.08. The molecular formula is C18H19FN2O4S. The molecule has 0 atom stereocenters. The summed E-state index contributed by atoms with van der Waals surface area (Å²) in [5, 5.41) is 8.95. The maximum atomic E-state index is 13.0. The van der Waals surface area contributed by atoms with E-state index < -0.39 is 21.5 Å². The zero-order valence-electron chi connectivity index (χ0n) is 13.9. The summed E-state index contributed by atoms with van der Waals surface area (Å²) in [7, 11) is -3.94. The summed E-state index contributed by atoms with van der Waals surface area (Å²) in [5.41, 5.74) is 1.73. The van der Waals surface area contributed by atoms with Crippen molar-refractivity contribution in [2.75, 3.05) is 0 Å². The van der Waals surface area contributed by atoms with E-state index in [-0.39, 0.29) is 10.7 Å². The van der Waals surface area contributed by atoms with E-state index in [1.165, 1.54) is 24.3 Å². The van der Waals surface area contributed by atoms with Gasteiger partial charge >= 0.3 is 0 Å². The number of hydrogen-bond donors (Lipinski definition) is 3. The lowest BCUT2D eigenvalue weighted by molar-refractivity contribution is -0.135. The normalized spacial score (nSPS) is 16.4. The largest absolute Gasteiger partial charge is 0.289 e. The van der Waals surface area contributed by atoms with E-state index in [1.807, 2.05) is 0 Å². The second-order valence-electron chi connectivity index (χ2n) is 6.37. The average molecular weight is 378 g/mol. The lowest BCUT2D eigenvalue weighted by Gasteiger charge is -2.27. The van der Waals surface area contributed by atoms with Crippen LogP contribution >= 0.6 is 0 Å². The molecule has 2 aromatic carbocycles. The SMILES string of the molecule is O=C(NO)C1(NS(=O)(=O)c2ccc(-c3ccc(F)cc3)cc2)CCCC1. The van der Waals surface area contributed by atoms with Gasteiger partial charge in [-0.3, -0.25) is 10.0 Å². The number of carbonyl (C=O) groups is 1. The van der Waals surface area contributed by atoms with Gasteiger partial charge in [-0.1, -0.05) is 37.1 Å². The van der Waals surface area contributed by atoms with Crippen molar-refractivity contribution in [1.82, 2.24) is 10.2 Å². The number of hydroxylamine groups is 1. The molecule has 0 saturated heterocycles. The van der Waals surface area contributed by atoms with Crippen LogP contribution in [-0.2, 0) is 14.8 Å². The van der Waals surface area contributed by atoms with Gasteiger partial charge in [-0.2, -0.15) is 4.72 Å². The van der Waals surface area contributed by atoms with Crippen LogP contribution in [0.1, 0.15) is 25.7 Å². The smallest absolute Gasteiger partial charge is 0.264 e. The minimum Gasteiger partial charge on any atom is -0.289 e. The molecule has 1 saturated carbocycles. The molecule has 1 aliphatic carbocycles. The van der Waals surface area contributed by atoms with E-state index in [1.54, 1.807) is 29.7 Å². The van der Waals surface area contributed by atoms with Crippen LogP contribution in [-0.4, -0.2) is 25.1 Å². The quantitative estimate of drug-likeness (QED) is 0.550. The van der Waals surface area contributed by atoms with E-state index >= 15 is 0 Å². The third-order valence-electron chi connectivity index (χ3n) is 4.67. The fraction of sp³-hybridized carbons (Fsp3) is 0.278. The summed E-state index contributed by atoms with van der Waals surface area (Å²) in [6.45, 7) is 0. The van der Waals surface area contributed by atoms with Crippen molar-refractivity contribution >= 4 is 15.9 Å². The molecule has 1 aliphatic rings. The fourth-order valence-electron chi connectivity index (χ4n) is 3.25. The topological polar surface area (TPSA) is 95.5 Å². The second kappa shape index (κ2) is 7.14. The summed E-state index contributed by atoms with van der Waals surface area (Å²) in [6, 6.07) is 12.0.